The van der Waals surface area contributed by atoms with Crippen LogP contribution in [0.1, 0.15) is 16.7 Å². The summed E-state index contributed by atoms with van der Waals surface area (Å²) in [7, 11) is 0. The molecule has 0 aliphatic heterocycles. The minimum atomic E-state index is -1.08. The highest BCUT2D eigenvalue weighted by molar-refractivity contribution is 5.85. The lowest BCUT2D eigenvalue weighted by atomic mass is 10.0. The van der Waals surface area contributed by atoms with Crippen LogP contribution in [0.25, 0.3) is 6.08 Å². The largest absolute Gasteiger partial charge is 0.478 e. The maximum atomic E-state index is 13.3. The summed E-state index contributed by atoms with van der Waals surface area (Å²) in [6.07, 6.45) is 2.20. The highest BCUT2D eigenvalue weighted by Gasteiger charge is 2.03. The Morgan fingerprint density at radius 1 is 1.43 bits per heavy atom. The molecule has 1 aromatic rings. The molecule has 14 heavy (non-hydrogen) atoms. The second kappa shape index (κ2) is 4.05. The van der Waals surface area contributed by atoms with Gasteiger partial charge in [0.2, 0.25) is 0 Å². The van der Waals surface area contributed by atoms with Crippen LogP contribution >= 0.6 is 0 Å². The molecule has 0 saturated heterocycles. The smallest absolute Gasteiger partial charge is 0.328 e. The van der Waals surface area contributed by atoms with Crippen molar-refractivity contribution in [3.8, 4) is 0 Å². The number of carboxylic acids is 1. The van der Waals surface area contributed by atoms with Gasteiger partial charge in [-0.3, -0.25) is 0 Å². The van der Waals surface area contributed by atoms with Gasteiger partial charge in [-0.1, -0.05) is 6.07 Å². The minimum absolute atomic E-state index is 0.331. The van der Waals surface area contributed by atoms with Crippen molar-refractivity contribution in [1.82, 2.24) is 0 Å². The van der Waals surface area contributed by atoms with E-state index in [1.807, 2.05) is 6.07 Å². The zero-order valence-electron chi connectivity index (χ0n) is 8.04. The fourth-order valence-corrected chi connectivity index (χ4v) is 1.29. The Morgan fingerprint density at radius 3 is 2.57 bits per heavy atom. The van der Waals surface area contributed by atoms with Gasteiger partial charge in [0.15, 0.2) is 0 Å². The molecule has 0 fully saturated rings. The van der Waals surface area contributed by atoms with Crippen LogP contribution in [0.3, 0.4) is 0 Å². The van der Waals surface area contributed by atoms with E-state index in [1.165, 1.54) is 12.1 Å². The molecule has 74 valence electrons. The molecular weight excluding hydrogens is 183 g/mol. The summed E-state index contributed by atoms with van der Waals surface area (Å²) in [5.74, 6) is -1.47. The molecule has 0 aliphatic rings. The quantitative estimate of drug-likeness (QED) is 0.734. The lowest BCUT2D eigenvalue weighted by Crippen LogP contribution is -1.91. The number of hydrogen-bond acceptors (Lipinski definition) is 1. The van der Waals surface area contributed by atoms with Crippen LogP contribution in [0.4, 0.5) is 4.39 Å². The number of aliphatic carboxylic acids is 1. The summed E-state index contributed by atoms with van der Waals surface area (Å²) in [4.78, 5) is 10.3. The van der Waals surface area contributed by atoms with Crippen LogP contribution in [0, 0.1) is 19.7 Å². The molecular formula is C11H11FO2. The fraction of sp³-hybridized carbons (Fsp3) is 0.182. The Bertz CT molecular complexity index is 371. The van der Waals surface area contributed by atoms with Crippen LogP contribution in [0.5, 0.6) is 0 Å². The predicted molar refractivity (Wildman–Crippen MR) is 52.5 cm³/mol. The number of halogens is 1. The number of benzene rings is 1. The third kappa shape index (κ3) is 2.42. The maximum Gasteiger partial charge on any atom is 0.328 e. The van der Waals surface area contributed by atoms with Gasteiger partial charge in [-0.05, 0) is 37.1 Å². The van der Waals surface area contributed by atoms with E-state index in [1.54, 1.807) is 13.8 Å². The second-order valence-electron chi connectivity index (χ2n) is 3.15. The van der Waals surface area contributed by atoms with Gasteiger partial charge in [-0.25, -0.2) is 9.18 Å². The first kappa shape index (κ1) is 10.4. The average Bonchev–Trinajstić information content (AvgIpc) is 2.01. The highest BCUT2D eigenvalue weighted by atomic mass is 19.1. The first-order valence-electron chi connectivity index (χ1n) is 4.18. The Kier molecular flexibility index (Phi) is 3.02. The normalized spacial score (nSPS) is 10.8. The molecule has 0 spiro atoms. The lowest BCUT2D eigenvalue weighted by molar-refractivity contribution is -0.131. The lowest BCUT2D eigenvalue weighted by Gasteiger charge is -2.03. The molecule has 0 radical (unpaired) electrons. The van der Waals surface area contributed by atoms with Crippen molar-refractivity contribution >= 4 is 12.0 Å². The number of aryl methyl sites for hydroxylation is 2. The molecule has 1 rings (SSSR count). The van der Waals surface area contributed by atoms with Crippen molar-refractivity contribution in [3.05, 3.63) is 40.7 Å². The van der Waals surface area contributed by atoms with Crippen molar-refractivity contribution in [2.45, 2.75) is 13.8 Å². The summed E-state index contributed by atoms with van der Waals surface area (Å²) in [6.45, 7) is 3.54. The van der Waals surface area contributed by atoms with E-state index in [-0.39, 0.29) is 5.82 Å². The van der Waals surface area contributed by atoms with Gasteiger partial charge < -0.3 is 5.11 Å². The molecule has 1 N–H and O–H groups in total. The Balaban J connectivity index is 3.15. The van der Waals surface area contributed by atoms with Crippen molar-refractivity contribution in [2.75, 3.05) is 0 Å². The van der Waals surface area contributed by atoms with E-state index in [2.05, 4.69) is 0 Å². The van der Waals surface area contributed by atoms with E-state index in [0.29, 0.717) is 5.56 Å². The molecule has 0 saturated carbocycles. The molecule has 0 bridgehead atoms. The SMILES string of the molecule is Cc1cc(C)c(C=CC(=O)O)c(F)c1. The molecule has 2 nitrogen and oxygen atoms in total. The first-order valence-corrected chi connectivity index (χ1v) is 4.18. The molecule has 3 heteroatoms. The van der Waals surface area contributed by atoms with Crippen molar-refractivity contribution in [1.29, 1.82) is 0 Å². The minimum Gasteiger partial charge on any atom is -0.478 e. The molecule has 0 amide bonds. The van der Waals surface area contributed by atoms with E-state index < -0.39 is 5.97 Å². The molecule has 0 aliphatic carbocycles. The Labute approximate surface area is 81.7 Å². The Morgan fingerprint density at radius 2 is 2.07 bits per heavy atom. The van der Waals surface area contributed by atoms with Crippen LogP contribution in [-0.4, -0.2) is 11.1 Å². The zero-order valence-corrected chi connectivity index (χ0v) is 8.04. The van der Waals surface area contributed by atoms with Crippen LogP contribution in [-0.2, 0) is 4.79 Å². The van der Waals surface area contributed by atoms with Crippen molar-refractivity contribution < 1.29 is 14.3 Å². The monoisotopic (exact) mass is 194 g/mol. The van der Waals surface area contributed by atoms with Gasteiger partial charge in [0, 0.05) is 11.6 Å². The summed E-state index contributed by atoms with van der Waals surface area (Å²) >= 11 is 0. The first-order chi connectivity index (χ1) is 6.50. The zero-order chi connectivity index (χ0) is 10.7. The third-order valence-electron chi connectivity index (χ3n) is 1.87. The Hall–Kier alpha value is -1.64. The van der Waals surface area contributed by atoms with Crippen LogP contribution in [0.2, 0.25) is 0 Å². The maximum absolute atomic E-state index is 13.3. The van der Waals surface area contributed by atoms with E-state index in [9.17, 15) is 9.18 Å². The summed E-state index contributed by atoms with van der Waals surface area (Å²) < 4.78 is 13.3. The van der Waals surface area contributed by atoms with Crippen molar-refractivity contribution in [3.63, 3.8) is 0 Å². The summed E-state index contributed by atoms with van der Waals surface area (Å²) in [5, 5.41) is 8.40. The third-order valence-corrected chi connectivity index (χ3v) is 1.87. The topological polar surface area (TPSA) is 37.3 Å². The van der Waals surface area contributed by atoms with Gasteiger partial charge in [0.1, 0.15) is 5.82 Å². The van der Waals surface area contributed by atoms with Gasteiger partial charge in [0.05, 0.1) is 0 Å². The predicted octanol–water partition coefficient (Wildman–Crippen LogP) is 2.54. The van der Waals surface area contributed by atoms with E-state index >= 15 is 0 Å². The molecule has 0 heterocycles. The molecule has 0 unspecified atom stereocenters. The number of hydrogen-bond donors (Lipinski definition) is 1. The van der Waals surface area contributed by atoms with Gasteiger partial charge in [-0.2, -0.15) is 0 Å². The summed E-state index contributed by atoms with van der Waals surface area (Å²) in [6, 6.07) is 3.19. The molecule has 1 aromatic carbocycles. The number of rotatable bonds is 2. The van der Waals surface area contributed by atoms with E-state index in [0.717, 1.165) is 17.2 Å². The van der Waals surface area contributed by atoms with Crippen LogP contribution < -0.4 is 0 Å². The highest BCUT2D eigenvalue weighted by Crippen LogP contribution is 2.16. The fourth-order valence-electron chi connectivity index (χ4n) is 1.29. The van der Waals surface area contributed by atoms with Gasteiger partial charge in [-0.15, -0.1) is 0 Å². The number of carboxylic acid groups (broad SMARTS) is 1. The number of carbonyl (C=O) groups is 1. The van der Waals surface area contributed by atoms with Gasteiger partial charge >= 0.3 is 5.97 Å². The van der Waals surface area contributed by atoms with Crippen molar-refractivity contribution in [2.24, 2.45) is 0 Å². The van der Waals surface area contributed by atoms with E-state index in [4.69, 9.17) is 5.11 Å². The second-order valence-corrected chi connectivity index (χ2v) is 3.15. The van der Waals surface area contributed by atoms with Crippen LogP contribution in [0.15, 0.2) is 18.2 Å². The molecule has 0 atom stereocenters. The molecule has 0 aromatic heterocycles. The summed E-state index contributed by atoms with van der Waals surface area (Å²) in [5.41, 5.74) is 1.89. The van der Waals surface area contributed by atoms with Gasteiger partial charge in [0.25, 0.3) is 0 Å². The average molecular weight is 194 g/mol. The standard InChI is InChI=1S/C11H11FO2/c1-7-5-8(2)9(10(12)6-7)3-4-11(13)14/h3-6H,1-2H3,(H,13,14).